The van der Waals surface area contributed by atoms with E-state index in [1.807, 2.05) is 60.7 Å². The van der Waals surface area contributed by atoms with Crippen molar-refractivity contribution >= 4 is 65.5 Å². The molecule has 1 aliphatic carbocycles. The number of ketones is 2. The number of benzene rings is 3. The molecule has 0 radical (unpaired) electrons. The lowest BCUT2D eigenvalue weighted by Crippen LogP contribution is -2.52. The molecule has 3 fully saturated rings. The first-order valence-corrected chi connectivity index (χ1v) is 27.5. The van der Waals surface area contributed by atoms with Crippen LogP contribution in [0.3, 0.4) is 0 Å². The Morgan fingerprint density at radius 1 is 0.500 bits per heavy atom. The number of rotatable bonds is 14. The van der Waals surface area contributed by atoms with E-state index in [1.54, 1.807) is 0 Å². The Bertz CT molecular complexity index is 2290. The molecule has 2 aliphatic heterocycles. The van der Waals surface area contributed by atoms with Gasteiger partial charge in [-0.25, -0.2) is 21.6 Å². The molecular formula is C44H48F10O12S4. The number of ether oxygens (including phenoxy) is 2. The maximum Gasteiger partial charge on any atom is 0.432 e. The average molecular weight is 1090 g/mol. The van der Waals surface area contributed by atoms with Crippen molar-refractivity contribution in [2.45, 2.75) is 92.9 Å². The Labute approximate surface area is 403 Å². The Balaban J connectivity index is 0.000000251. The molecule has 390 valence electrons. The second-order valence-electron chi connectivity index (χ2n) is 15.7. The largest absolute Gasteiger partial charge is 0.743 e. The molecule has 6 rings (SSSR count). The van der Waals surface area contributed by atoms with E-state index in [0.29, 0.717) is 46.2 Å². The van der Waals surface area contributed by atoms with Crippen molar-refractivity contribution < 1.29 is 98.5 Å². The highest BCUT2D eigenvalue weighted by Crippen LogP contribution is 2.40. The second kappa shape index (κ2) is 26.5. The summed E-state index contributed by atoms with van der Waals surface area (Å²) in [5, 5.41) is -11.6. The van der Waals surface area contributed by atoms with Crippen molar-refractivity contribution in [3.05, 3.63) is 108 Å². The Hall–Kier alpha value is -4.24. The highest BCUT2D eigenvalue weighted by atomic mass is 32.2. The molecule has 0 N–H and O–H groups in total. The van der Waals surface area contributed by atoms with Gasteiger partial charge in [-0.15, -0.1) is 0 Å². The molecule has 1 saturated carbocycles. The van der Waals surface area contributed by atoms with E-state index in [0.717, 1.165) is 41.2 Å². The normalized spacial score (nSPS) is 17.3. The van der Waals surface area contributed by atoms with Crippen LogP contribution < -0.4 is 0 Å². The van der Waals surface area contributed by atoms with E-state index in [-0.39, 0.29) is 12.8 Å². The van der Waals surface area contributed by atoms with Crippen LogP contribution >= 0.6 is 0 Å². The van der Waals surface area contributed by atoms with Gasteiger partial charge in [0, 0.05) is 11.1 Å². The molecule has 12 nitrogen and oxygen atoms in total. The lowest BCUT2D eigenvalue weighted by molar-refractivity contribution is -0.261. The van der Waals surface area contributed by atoms with Crippen molar-refractivity contribution in [2.24, 2.45) is 5.92 Å². The van der Waals surface area contributed by atoms with Crippen molar-refractivity contribution in [3.8, 4) is 0 Å². The molecular weight excluding hydrogens is 1040 g/mol. The lowest BCUT2D eigenvalue weighted by Gasteiger charge is -2.31. The van der Waals surface area contributed by atoms with Crippen LogP contribution in [0.2, 0.25) is 0 Å². The molecule has 0 bridgehead atoms. The van der Waals surface area contributed by atoms with Gasteiger partial charge < -0.3 is 18.6 Å². The van der Waals surface area contributed by atoms with Crippen LogP contribution in [0.5, 0.6) is 0 Å². The zero-order valence-corrected chi connectivity index (χ0v) is 40.1. The van der Waals surface area contributed by atoms with E-state index in [4.69, 9.17) is 0 Å². The quantitative estimate of drug-likeness (QED) is 0.0490. The van der Waals surface area contributed by atoms with E-state index in [2.05, 4.69) is 9.47 Å². The van der Waals surface area contributed by atoms with Crippen LogP contribution in [-0.4, -0.2) is 119 Å². The average Bonchev–Trinajstić information content (AvgIpc) is 4.02. The number of hydrogen-bond donors (Lipinski definition) is 0. The van der Waals surface area contributed by atoms with Gasteiger partial charge in [0.15, 0.2) is 31.7 Å². The first kappa shape index (κ1) is 60.1. The van der Waals surface area contributed by atoms with Gasteiger partial charge in [0.25, 0.3) is 12.2 Å². The summed E-state index contributed by atoms with van der Waals surface area (Å²) in [6.07, 6.45) is -13.1. The van der Waals surface area contributed by atoms with Crippen molar-refractivity contribution in [3.63, 3.8) is 0 Å². The van der Waals surface area contributed by atoms with Crippen LogP contribution in [0.1, 0.15) is 88.9 Å². The number of halogens is 10. The van der Waals surface area contributed by atoms with Crippen molar-refractivity contribution in [2.75, 3.05) is 34.5 Å². The molecule has 0 aromatic heterocycles. The topological polar surface area (TPSA) is 201 Å². The third-order valence-corrected chi connectivity index (χ3v) is 16.9. The standard InChI is InChI=1S/2C12H15OS.C10H13F5O5S.C10H7F5O5S/c2*13-12(10-14-8-4-5-9-14)11-6-2-1-3-7-11;2*11-9(12,13)8(10(14,15)21(17,18)19)20-7(16)6-4-2-1-3-5-6/h2*1-3,6-7H,4-5,8-10H2;6,8H,1-5H2,(H,17,18,19);1-5,8H,(H,17,18,19)/q2*+1;;/p-2. The van der Waals surface area contributed by atoms with Gasteiger partial charge in [-0.2, -0.15) is 43.9 Å². The molecule has 2 heterocycles. The van der Waals surface area contributed by atoms with Crippen LogP contribution in [0.25, 0.3) is 0 Å². The molecule has 0 spiro atoms. The zero-order valence-electron chi connectivity index (χ0n) is 36.8. The molecule has 2 unspecified atom stereocenters. The van der Waals surface area contributed by atoms with Crippen LogP contribution in [0.4, 0.5) is 43.9 Å². The van der Waals surface area contributed by atoms with E-state index in [1.165, 1.54) is 66.9 Å². The maximum atomic E-state index is 13.1. The van der Waals surface area contributed by atoms with E-state index < -0.39 is 78.7 Å². The summed E-state index contributed by atoms with van der Waals surface area (Å²) in [5.74, 6) is 2.91. The number of hydrogen-bond acceptors (Lipinski definition) is 12. The van der Waals surface area contributed by atoms with Gasteiger partial charge in [-0.05, 0) is 72.4 Å². The molecule has 70 heavy (non-hydrogen) atoms. The number of carbonyl (C=O) groups excluding carboxylic acids is 4. The van der Waals surface area contributed by atoms with Crippen LogP contribution in [0, 0.1) is 5.92 Å². The van der Waals surface area contributed by atoms with Gasteiger partial charge in [0.2, 0.25) is 11.6 Å². The molecule has 3 aliphatic rings. The third kappa shape index (κ3) is 18.7. The maximum absolute atomic E-state index is 13.1. The minimum Gasteiger partial charge on any atom is -0.743 e. The predicted molar refractivity (Wildman–Crippen MR) is 237 cm³/mol. The minimum absolute atomic E-state index is 0.166. The Morgan fingerprint density at radius 2 is 0.814 bits per heavy atom. The van der Waals surface area contributed by atoms with Crippen LogP contribution in [-0.2, 0) is 56.3 Å². The summed E-state index contributed by atoms with van der Waals surface area (Å²) < 4.78 is 196. The Kier molecular flexibility index (Phi) is 22.7. The highest BCUT2D eigenvalue weighted by molar-refractivity contribution is 7.98. The fourth-order valence-corrected chi connectivity index (χ4v) is 12.1. The molecule has 2 atom stereocenters. The molecule has 2 saturated heterocycles. The first-order chi connectivity index (χ1) is 32.5. The minimum atomic E-state index is -6.69. The van der Waals surface area contributed by atoms with Gasteiger partial charge in [-0.3, -0.25) is 14.4 Å². The van der Waals surface area contributed by atoms with Crippen LogP contribution in [0.15, 0.2) is 91.0 Å². The van der Waals surface area contributed by atoms with Gasteiger partial charge in [0.05, 0.1) is 11.5 Å². The summed E-state index contributed by atoms with van der Waals surface area (Å²) in [6.45, 7) is 0. The van der Waals surface area contributed by atoms with Crippen molar-refractivity contribution in [1.82, 2.24) is 0 Å². The summed E-state index contributed by atoms with van der Waals surface area (Å²) >= 11 is 0. The molecule has 0 amide bonds. The smallest absolute Gasteiger partial charge is 0.432 e. The zero-order chi connectivity index (χ0) is 52.6. The van der Waals surface area contributed by atoms with E-state index >= 15 is 0 Å². The SMILES string of the molecule is O=C(C[S+]1CCCC1)c1ccccc1.O=C(C[S+]1CCCC1)c1ccccc1.O=C(OC(C(F)(F)F)C(F)(F)S(=O)(=O)[O-])C1CCCCC1.O=C(OC(C(F)(F)F)C(F)(F)S(=O)(=O)[O-])c1ccccc1. The molecule has 26 heteroatoms. The van der Waals surface area contributed by atoms with Crippen molar-refractivity contribution in [1.29, 1.82) is 0 Å². The summed E-state index contributed by atoms with van der Waals surface area (Å²) in [5.41, 5.74) is 1.24. The first-order valence-electron chi connectivity index (χ1n) is 21.2. The molecule has 3 aromatic carbocycles. The third-order valence-electron chi connectivity index (χ3n) is 10.4. The summed E-state index contributed by atoms with van der Waals surface area (Å²) in [6, 6.07) is 25.0. The van der Waals surface area contributed by atoms with E-state index in [9.17, 15) is 89.0 Å². The van der Waals surface area contributed by atoms with Gasteiger partial charge >= 0.3 is 34.8 Å². The fourth-order valence-electron chi connectivity index (χ4n) is 6.72. The Morgan fingerprint density at radius 3 is 1.13 bits per heavy atom. The number of esters is 2. The second-order valence-corrected chi connectivity index (χ2v) is 23.3. The fraction of sp³-hybridized carbons (Fsp3) is 0.500. The highest BCUT2D eigenvalue weighted by Gasteiger charge is 2.64. The molecule has 3 aromatic rings. The monoisotopic (exact) mass is 1090 g/mol. The summed E-state index contributed by atoms with van der Waals surface area (Å²) in [7, 11) is -12.5. The van der Waals surface area contributed by atoms with Gasteiger partial charge in [-0.1, -0.05) is 98.1 Å². The lowest BCUT2D eigenvalue weighted by atomic mass is 9.89. The predicted octanol–water partition coefficient (Wildman–Crippen LogP) is 8.65. The van der Waals surface area contributed by atoms with Gasteiger partial charge in [0.1, 0.15) is 23.0 Å². The number of alkyl halides is 10. The number of Topliss-reactive ketones (excluding diaryl/α,β-unsaturated/α-hetero) is 2. The number of carbonyl (C=O) groups is 4. The summed E-state index contributed by atoms with van der Waals surface area (Å²) in [4.78, 5) is 46.4.